The summed E-state index contributed by atoms with van der Waals surface area (Å²) >= 11 is 0. The Balaban J connectivity index is 2.39. The number of carbonyl (C=O) groups is 2. The molecule has 9 heteroatoms. The normalized spacial score (nSPS) is 21.3. The van der Waals surface area contributed by atoms with Gasteiger partial charge in [-0.15, -0.1) is 0 Å². The van der Waals surface area contributed by atoms with Crippen molar-refractivity contribution < 1.29 is 19.6 Å². The number of benzene rings is 1. The van der Waals surface area contributed by atoms with E-state index in [1.165, 1.54) is 17.0 Å². The van der Waals surface area contributed by atoms with Crippen molar-refractivity contribution in [1.82, 2.24) is 0 Å². The number of aliphatic carboxylic acids is 1. The maximum atomic E-state index is 11.1. The highest BCUT2D eigenvalue weighted by molar-refractivity contribution is 5.94. The van der Waals surface area contributed by atoms with Gasteiger partial charge in [-0.25, -0.2) is 0 Å². The minimum absolute atomic E-state index is 0.0156. The van der Waals surface area contributed by atoms with E-state index in [1.807, 2.05) is 0 Å². The third kappa shape index (κ3) is 2.63. The van der Waals surface area contributed by atoms with Crippen molar-refractivity contribution in [3.05, 3.63) is 33.9 Å². The number of hydrogen-bond donors (Lipinski definition) is 3. The Morgan fingerprint density at radius 3 is 2.57 bits per heavy atom. The Hall–Kier alpha value is -2.68. The van der Waals surface area contributed by atoms with Crippen LogP contribution in [0.5, 0.6) is 0 Å². The van der Waals surface area contributed by atoms with Crippen molar-refractivity contribution in [1.29, 1.82) is 0 Å². The predicted octanol–water partition coefficient (Wildman–Crippen LogP) is -0.314. The number of nitrogens with zero attached hydrogens (tertiary/aromatic N) is 2. The van der Waals surface area contributed by atoms with Gasteiger partial charge in [0.05, 0.1) is 4.92 Å². The van der Waals surface area contributed by atoms with Crippen LogP contribution in [0.1, 0.15) is 16.8 Å². The molecule has 0 aromatic heterocycles. The van der Waals surface area contributed by atoms with Gasteiger partial charge in [0.1, 0.15) is 11.2 Å². The summed E-state index contributed by atoms with van der Waals surface area (Å²) < 4.78 is 0. The second kappa shape index (κ2) is 5.02. The predicted molar refractivity (Wildman–Crippen MR) is 73.0 cm³/mol. The van der Waals surface area contributed by atoms with Crippen molar-refractivity contribution in [2.75, 3.05) is 18.0 Å². The Labute approximate surface area is 119 Å². The molecule has 0 aliphatic carbocycles. The summed E-state index contributed by atoms with van der Waals surface area (Å²) in [5.74, 6) is -1.92. The molecule has 112 valence electrons. The standard InChI is InChI=1S/C12H14N4O5/c13-10(17)7-1-2-8(9(5-7)16(20)21)15-4-3-12(14,6-15)11(18)19/h1-2,5H,3-4,6,14H2,(H2,13,17)(H,18,19). The highest BCUT2D eigenvalue weighted by atomic mass is 16.6. The maximum absolute atomic E-state index is 11.1. The van der Waals surface area contributed by atoms with Crippen LogP contribution in [0, 0.1) is 10.1 Å². The monoisotopic (exact) mass is 294 g/mol. The molecule has 1 saturated heterocycles. The van der Waals surface area contributed by atoms with Crippen LogP contribution < -0.4 is 16.4 Å². The molecule has 1 atom stereocenters. The Bertz CT molecular complexity index is 632. The van der Waals surface area contributed by atoms with E-state index in [4.69, 9.17) is 16.6 Å². The number of hydrogen-bond acceptors (Lipinski definition) is 6. The van der Waals surface area contributed by atoms with E-state index in [0.717, 1.165) is 6.07 Å². The van der Waals surface area contributed by atoms with Gasteiger partial charge in [-0.3, -0.25) is 19.7 Å². The molecule has 1 aliphatic rings. The lowest BCUT2D eigenvalue weighted by Gasteiger charge is -2.21. The maximum Gasteiger partial charge on any atom is 0.325 e. The summed E-state index contributed by atoms with van der Waals surface area (Å²) in [4.78, 5) is 34.2. The molecule has 1 fully saturated rings. The second-order valence-electron chi connectivity index (χ2n) is 4.96. The third-order valence-electron chi connectivity index (χ3n) is 3.52. The van der Waals surface area contributed by atoms with E-state index in [2.05, 4.69) is 0 Å². The SMILES string of the molecule is NC(=O)c1ccc(N2CCC(N)(C(=O)O)C2)c([N+](=O)[O-])c1. The number of nitro groups is 1. The van der Waals surface area contributed by atoms with Gasteiger partial charge in [-0.05, 0) is 18.6 Å². The average molecular weight is 294 g/mol. The molecule has 0 saturated carbocycles. The van der Waals surface area contributed by atoms with Crippen molar-refractivity contribution in [3.63, 3.8) is 0 Å². The topological polar surface area (TPSA) is 153 Å². The van der Waals surface area contributed by atoms with Crippen molar-refractivity contribution in [2.45, 2.75) is 12.0 Å². The van der Waals surface area contributed by atoms with Gasteiger partial charge in [0.2, 0.25) is 5.91 Å². The molecule has 0 bridgehead atoms. The van der Waals surface area contributed by atoms with Crippen LogP contribution in [0.4, 0.5) is 11.4 Å². The fourth-order valence-electron chi connectivity index (χ4n) is 2.30. The van der Waals surface area contributed by atoms with Gasteiger partial charge in [0.15, 0.2) is 0 Å². The number of anilines is 1. The Kier molecular flexibility index (Phi) is 3.52. The first-order valence-corrected chi connectivity index (χ1v) is 6.10. The molecule has 1 unspecified atom stereocenters. The molecule has 1 aromatic carbocycles. The number of carboxylic acid groups (broad SMARTS) is 1. The number of rotatable bonds is 4. The largest absolute Gasteiger partial charge is 0.480 e. The van der Waals surface area contributed by atoms with Gasteiger partial charge in [0.25, 0.3) is 5.69 Å². The lowest BCUT2D eigenvalue weighted by molar-refractivity contribution is -0.384. The molecule has 0 radical (unpaired) electrons. The number of carbonyl (C=O) groups excluding carboxylic acids is 1. The molecular weight excluding hydrogens is 280 g/mol. The van der Waals surface area contributed by atoms with E-state index in [0.29, 0.717) is 0 Å². The van der Waals surface area contributed by atoms with Gasteiger partial charge in [-0.2, -0.15) is 0 Å². The molecule has 0 spiro atoms. The highest BCUT2D eigenvalue weighted by Gasteiger charge is 2.42. The molecular formula is C12H14N4O5. The van der Waals surface area contributed by atoms with Crippen LogP contribution >= 0.6 is 0 Å². The number of nitrogens with two attached hydrogens (primary N) is 2. The minimum Gasteiger partial charge on any atom is -0.480 e. The highest BCUT2D eigenvalue weighted by Crippen LogP contribution is 2.33. The van der Waals surface area contributed by atoms with E-state index in [9.17, 15) is 19.7 Å². The molecule has 1 aliphatic heterocycles. The van der Waals surface area contributed by atoms with Gasteiger partial charge in [0, 0.05) is 24.7 Å². The number of nitro benzene ring substituents is 1. The summed E-state index contributed by atoms with van der Waals surface area (Å²) in [6, 6.07) is 3.82. The van der Waals surface area contributed by atoms with Gasteiger partial charge >= 0.3 is 5.97 Å². The smallest absolute Gasteiger partial charge is 0.325 e. The van der Waals surface area contributed by atoms with E-state index in [1.54, 1.807) is 0 Å². The fraction of sp³-hybridized carbons (Fsp3) is 0.333. The molecule has 1 amide bonds. The van der Waals surface area contributed by atoms with E-state index < -0.39 is 22.3 Å². The molecule has 1 heterocycles. The van der Waals surface area contributed by atoms with E-state index in [-0.39, 0.29) is 36.4 Å². The number of amides is 1. The zero-order valence-electron chi connectivity index (χ0n) is 11.0. The molecule has 1 aromatic rings. The van der Waals surface area contributed by atoms with Crippen LogP contribution in [0.2, 0.25) is 0 Å². The van der Waals surface area contributed by atoms with Crippen LogP contribution in [-0.2, 0) is 4.79 Å². The van der Waals surface area contributed by atoms with Crippen LogP contribution in [0.15, 0.2) is 18.2 Å². The van der Waals surface area contributed by atoms with Crippen molar-refractivity contribution in [3.8, 4) is 0 Å². The number of carboxylic acids is 1. The first-order chi connectivity index (χ1) is 9.74. The number of primary amides is 1. The molecule has 9 nitrogen and oxygen atoms in total. The summed E-state index contributed by atoms with van der Waals surface area (Å²) in [5, 5.41) is 20.2. The van der Waals surface area contributed by atoms with E-state index >= 15 is 0 Å². The van der Waals surface area contributed by atoms with Crippen LogP contribution in [0.3, 0.4) is 0 Å². The van der Waals surface area contributed by atoms with Gasteiger partial charge < -0.3 is 21.5 Å². The lowest BCUT2D eigenvalue weighted by atomic mass is 10.0. The van der Waals surface area contributed by atoms with Gasteiger partial charge in [-0.1, -0.05) is 0 Å². The Morgan fingerprint density at radius 2 is 2.10 bits per heavy atom. The minimum atomic E-state index is -1.43. The molecule has 21 heavy (non-hydrogen) atoms. The first-order valence-electron chi connectivity index (χ1n) is 6.10. The second-order valence-corrected chi connectivity index (χ2v) is 4.96. The lowest BCUT2D eigenvalue weighted by Crippen LogP contribution is -2.50. The summed E-state index contributed by atoms with van der Waals surface area (Å²) in [6.45, 7) is 0.235. The summed E-state index contributed by atoms with van der Waals surface area (Å²) in [5.41, 5.74) is 9.34. The quantitative estimate of drug-likeness (QED) is 0.508. The first kappa shape index (κ1) is 14.7. The van der Waals surface area contributed by atoms with Crippen molar-refractivity contribution >= 4 is 23.3 Å². The molecule has 5 N–H and O–H groups in total. The zero-order chi connectivity index (χ0) is 15.8. The zero-order valence-corrected chi connectivity index (χ0v) is 11.0. The fourth-order valence-corrected chi connectivity index (χ4v) is 2.30. The molecule has 2 rings (SSSR count). The summed E-state index contributed by atoms with van der Waals surface area (Å²) in [7, 11) is 0. The average Bonchev–Trinajstić information content (AvgIpc) is 2.82. The van der Waals surface area contributed by atoms with Crippen LogP contribution in [0.25, 0.3) is 0 Å². The summed E-state index contributed by atoms with van der Waals surface area (Å²) in [6.07, 6.45) is 0.178. The third-order valence-corrected chi connectivity index (χ3v) is 3.52. The van der Waals surface area contributed by atoms with Crippen LogP contribution in [-0.4, -0.2) is 40.5 Å². The Morgan fingerprint density at radius 1 is 1.43 bits per heavy atom. The van der Waals surface area contributed by atoms with Crippen molar-refractivity contribution in [2.24, 2.45) is 11.5 Å².